The number of nitrogens with one attached hydrogen (secondary N) is 1. The molecular weight excluding hydrogens is 181 g/mol. The largest absolute Gasteiger partial charge is 1.00 e. The van der Waals surface area contributed by atoms with Gasteiger partial charge in [-0.1, -0.05) is 12.8 Å². The number of carboxylic acid groups (broad SMARTS) is 1. The van der Waals surface area contributed by atoms with Gasteiger partial charge in [-0.3, -0.25) is 10.1 Å². The molecule has 1 fully saturated rings. The zero-order valence-corrected chi connectivity index (χ0v) is 9.99. The van der Waals surface area contributed by atoms with Crippen molar-refractivity contribution in [3.05, 3.63) is 0 Å². The maximum absolute atomic E-state index is 10.5. The van der Waals surface area contributed by atoms with Gasteiger partial charge >= 0.3 is 35.5 Å². The molecule has 3 N–H and O–H groups in total. The quantitative estimate of drug-likeness (QED) is 0.422. The van der Waals surface area contributed by atoms with E-state index in [0.717, 1.165) is 25.7 Å². The fraction of sp³-hybridized carbons (Fsp3) is 0.875. The number of aliphatic hydroxyl groups is 1. The van der Waals surface area contributed by atoms with Crippen LogP contribution in [0.15, 0.2) is 0 Å². The number of hydrogen-bond donors (Lipinski definition) is 3. The summed E-state index contributed by atoms with van der Waals surface area (Å²) in [5, 5.41) is 20.2. The molecule has 5 heteroatoms. The topological polar surface area (TPSA) is 69.6 Å². The minimum atomic E-state index is -0.968. The van der Waals surface area contributed by atoms with Gasteiger partial charge in [0.15, 0.2) is 0 Å². The SMILES string of the molecule is O=C(O)C(CO)NC1CCCC1.[H-].[Na+]. The van der Waals surface area contributed by atoms with Crippen LogP contribution < -0.4 is 34.9 Å². The molecule has 0 saturated heterocycles. The Morgan fingerprint density at radius 3 is 2.46 bits per heavy atom. The molecule has 0 amide bonds. The standard InChI is InChI=1S/C8H15NO3.Na.H/c10-5-7(8(11)12)9-6-3-1-2-4-6;;/h6-7,9-10H,1-5H2,(H,11,12);;/q;+1;-1. The van der Waals surface area contributed by atoms with E-state index < -0.39 is 12.0 Å². The molecule has 1 rings (SSSR count). The maximum atomic E-state index is 10.5. The van der Waals surface area contributed by atoms with Crippen LogP contribution in [0.2, 0.25) is 0 Å². The van der Waals surface area contributed by atoms with Gasteiger partial charge in [-0.05, 0) is 12.8 Å². The molecule has 4 nitrogen and oxygen atoms in total. The van der Waals surface area contributed by atoms with Crippen molar-refractivity contribution in [2.24, 2.45) is 0 Å². The van der Waals surface area contributed by atoms with Crippen molar-refractivity contribution in [3.63, 3.8) is 0 Å². The predicted octanol–water partition coefficient (Wildman–Crippen LogP) is -2.92. The Hall–Kier alpha value is 0.390. The van der Waals surface area contributed by atoms with Crippen LogP contribution in [-0.4, -0.2) is 34.9 Å². The van der Waals surface area contributed by atoms with E-state index in [1.165, 1.54) is 0 Å². The van der Waals surface area contributed by atoms with Gasteiger partial charge < -0.3 is 11.6 Å². The van der Waals surface area contributed by atoms with Crippen LogP contribution in [0.3, 0.4) is 0 Å². The van der Waals surface area contributed by atoms with Crippen molar-refractivity contribution in [1.29, 1.82) is 0 Å². The molecule has 1 atom stereocenters. The van der Waals surface area contributed by atoms with Crippen LogP contribution in [0.4, 0.5) is 0 Å². The fourth-order valence-corrected chi connectivity index (χ4v) is 1.58. The summed E-state index contributed by atoms with van der Waals surface area (Å²) in [6, 6.07) is -0.494. The molecule has 1 aliphatic rings. The molecule has 1 aliphatic carbocycles. The van der Waals surface area contributed by atoms with E-state index in [0.29, 0.717) is 6.04 Å². The molecule has 0 heterocycles. The van der Waals surface area contributed by atoms with Crippen molar-refractivity contribution < 1.29 is 46.0 Å². The minimum Gasteiger partial charge on any atom is -1.00 e. The van der Waals surface area contributed by atoms with E-state index in [9.17, 15) is 4.79 Å². The van der Waals surface area contributed by atoms with Gasteiger partial charge in [0.25, 0.3) is 0 Å². The Labute approximate surface area is 101 Å². The van der Waals surface area contributed by atoms with Gasteiger partial charge in [0.2, 0.25) is 0 Å². The summed E-state index contributed by atoms with van der Waals surface area (Å²) in [5.74, 6) is -0.968. The Morgan fingerprint density at radius 2 is 2.08 bits per heavy atom. The molecule has 0 spiro atoms. The number of hydrogen-bond acceptors (Lipinski definition) is 3. The van der Waals surface area contributed by atoms with E-state index in [-0.39, 0.29) is 37.6 Å². The first-order valence-electron chi connectivity index (χ1n) is 4.33. The molecule has 72 valence electrons. The molecule has 0 aromatic heterocycles. The molecule has 13 heavy (non-hydrogen) atoms. The number of aliphatic hydroxyl groups excluding tert-OH is 1. The Balaban J connectivity index is 0. The van der Waals surface area contributed by atoms with E-state index in [1.54, 1.807) is 0 Å². The van der Waals surface area contributed by atoms with Crippen LogP contribution in [0.25, 0.3) is 0 Å². The predicted molar refractivity (Wildman–Crippen MR) is 45.0 cm³/mol. The number of aliphatic carboxylic acids is 1. The van der Waals surface area contributed by atoms with Crippen LogP contribution >= 0.6 is 0 Å². The zero-order chi connectivity index (χ0) is 8.97. The molecule has 0 aromatic carbocycles. The second-order valence-corrected chi connectivity index (χ2v) is 3.22. The van der Waals surface area contributed by atoms with Crippen molar-refractivity contribution in [1.82, 2.24) is 5.32 Å². The third-order valence-electron chi connectivity index (χ3n) is 2.27. The van der Waals surface area contributed by atoms with Crippen molar-refractivity contribution >= 4 is 5.97 Å². The molecule has 0 bridgehead atoms. The molecule has 0 aromatic rings. The van der Waals surface area contributed by atoms with Crippen molar-refractivity contribution in [2.45, 2.75) is 37.8 Å². The second kappa shape index (κ2) is 6.79. The van der Waals surface area contributed by atoms with Crippen LogP contribution in [-0.2, 0) is 4.79 Å². The van der Waals surface area contributed by atoms with Gasteiger partial charge in [0.05, 0.1) is 6.61 Å². The van der Waals surface area contributed by atoms with Gasteiger partial charge in [-0.2, -0.15) is 0 Å². The molecule has 0 aliphatic heterocycles. The summed E-state index contributed by atoms with van der Waals surface area (Å²) in [4.78, 5) is 10.5. The van der Waals surface area contributed by atoms with Gasteiger partial charge in [0.1, 0.15) is 6.04 Å². The van der Waals surface area contributed by atoms with Gasteiger partial charge in [-0.25, -0.2) is 0 Å². The average molecular weight is 197 g/mol. The summed E-state index contributed by atoms with van der Waals surface area (Å²) in [5.41, 5.74) is 0. The summed E-state index contributed by atoms with van der Waals surface area (Å²) < 4.78 is 0. The minimum absolute atomic E-state index is 0. The average Bonchev–Trinajstić information content (AvgIpc) is 2.51. The van der Waals surface area contributed by atoms with E-state index in [2.05, 4.69) is 5.32 Å². The van der Waals surface area contributed by atoms with Crippen LogP contribution in [0.5, 0.6) is 0 Å². The van der Waals surface area contributed by atoms with Crippen LogP contribution in [0.1, 0.15) is 27.1 Å². The van der Waals surface area contributed by atoms with Crippen LogP contribution in [0, 0.1) is 0 Å². The molecular formula is C8H16NNaO3. The summed E-state index contributed by atoms with van der Waals surface area (Å²) in [6.45, 7) is -0.328. The molecule has 1 unspecified atom stereocenters. The first-order valence-corrected chi connectivity index (χ1v) is 4.33. The Kier molecular flexibility index (Phi) is 6.99. The van der Waals surface area contributed by atoms with E-state index >= 15 is 0 Å². The van der Waals surface area contributed by atoms with Gasteiger partial charge in [0, 0.05) is 6.04 Å². The number of rotatable bonds is 4. The summed E-state index contributed by atoms with van der Waals surface area (Å²) in [6.07, 6.45) is 4.39. The van der Waals surface area contributed by atoms with Gasteiger partial charge in [-0.15, -0.1) is 0 Å². The molecule has 1 saturated carbocycles. The summed E-state index contributed by atoms with van der Waals surface area (Å²) in [7, 11) is 0. The Morgan fingerprint density at radius 1 is 1.54 bits per heavy atom. The number of carbonyl (C=O) groups is 1. The molecule has 0 radical (unpaired) electrons. The maximum Gasteiger partial charge on any atom is 1.00 e. The van der Waals surface area contributed by atoms with E-state index in [1.807, 2.05) is 0 Å². The van der Waals surface area contributed by atoms with E-state index in [4.69, 9.17) is 10.2 Å². The normalized spacial score (nSPS) is 19.5. The number of carboxylic acids is 1. The van der Waals surface area contributed by atoms with Crippen molar-refractivity contribution in [2.75, 3.05) is 6.61 Å². The second-order valence-electron chi connectivity index (χ2n) is 3.22. The summed E-state index contributed by atoms with van der Waals surface area (Å²) >= 11 is 0. The first kappa shape index (κ1) is 13.4. The zero-order valence-electron chi connectivity index (χ0n) is 8.99. The first-order chi connectivity index (χ1) is 5.74. The monoisotopic (exact) mass is 197 g/mol. The Bertz CT molecular complexity index is 165. The fourth-order valence-electron chi connectivity index (χ4n) is 1.58. The smallest absolute Gasteiger partial charge is 1.00 e. The third-order valence-corrected chi connectivity index (χ3v) is 2.27. The third kappa shape index (κ3) is 4.42. The van der Waals surface area contributed by atoms with Crippen molar-refractivity contribution in [3.8, 4) is 0 Å².